The Bertz CT molecular complexity index is 933. The molecule has 26 heavy (non-hydrogen) atoms. The summed E-state index contributed by atoms with van der Waals surface area (Å²) in [5.74, 6) is -0.471. The molecule has 0 bridgehead atoms. The zero-order chi connectivity index (χ0) is 19.5. The lowest BCUT2D eigenvalue weighted by atomic mass is 10.2. The number of nitrogens with zero attached hydrogens (tertiary/aromatic N) is 1. The van der Waals surface area contributed by atoms with E-state index in [1.807, 2.05) is 0 Å². The predicted octanol–water partition coefficient (Wildman–Crippen LogP) is 4.04. The van der Waals surface area contributed by atoms with Crippen molar-refractivity contribution in [3.8, 4) is 0 Å². The van der Waals surface area contributed by atoms with E-state index < -0.39 is 15.9 Å². The topological polar surface area (TPSA) is 66.5 Å². The van der Waals surface area contributed by atoms with Crippen LogP contribution in [0.15, 0.2) is 36.4 Å². The average Bonchev–Trinajstić information content (AvgIpc) is 2.54. The number of sulfonamides is 1. The lowest BCUT2D eigenvalue weighted by Gasteiger charge is -2.24. The minimum atomic E-state index is -3.68. The van der Waals surface area contributed by atoms with E-state index >= 15 is 0 Å². The third kappa shape index (κ3) is 5.27. The fraction of sp³-hybridized carbons (Fsp3) is 0.235. The monoisotopic (exact) mass is 434 g/mol. The number of halogens is 3. The zero-order valence-electron chi connectivity index (χ0n) is 14.1. The molecule has 2 aromatic rings. The SMILES string of the molecule is Cc1c(Cl)cccc1N(CC(=O)NCc1ccc(Cl)cc1Cl)S(C)(=O)=O. The third-order valence-corrected chi connectivity index (χ3v) is 5.81. The maximum Gasteiger partial charge on any atom is 0.241 e. The van der Waals surface area contributed by atoms with E-state index in [1.54, 1.807) is 43.3 Å². The van der Waals surface area contributed by atoms with Crippen molar-refractivity contribution >= 4 is 56.4 Å². The highest BCUT2D eigenvalue weighted by molar-refractivity contribution is 7.92. The van der Waals surface area contributed by atoms with Gasteiger partial charge < -0.3 is 5.32 Å². The molecule has 0 atom stereocenters. The molecule has 0 saturated heterocycles. The van der Waals surface area contributed by atoms with Crippen LogP contribution < -0.4 is 9.62 Å². The maximum absolute atomic E-state index is 12.3. The number of hydrogen-bond donors (Lipinski definition) is 1. The molecule has 0 aliphatic rings. The quantitative estimate of drug-likeness (QED) is 0.745. The van der Waals surface area contributed by atoms with Gasteiger partial charge in [-0.3, -0.25) is 9.10 Å². The Balaban J connectivity index is 2.16. The van der Waals surface area contributed by atoms with E-state index in [2.05, 4.69) is 5.32 Å². The van der Waals surface area contributed by atoms with Crippen molar-refractivity contribution in [2.45, 2.75) is 13.5 Å². The summed E-state index contributed by atoms with van der Waals surface area (Å²) in [6.07, 6.45) is 1.04. The van der Waals surface area contributed by atoms with Gasteiger partial charge in [0.15, 0.2) is 0 Å². The van der Waals surface area contributed by atoms with Crippen LogP contribution in [0, 0.1) is 6.92 Å². The molecule has 0 unspecified atom stereocenters. The molecular weight excluding hydrogens is 419 g/mol. The fourth-order valence-electron chi connectivity index (χ4n) is 2.29. The van der Waals surface area contributed by atoms with Gasteiger partial charge in [-0.25, -0.2) is 8.42 Å². The third-order valence-electron chi connectivity index (χ3n) is 3.69. The van der Waals surface area contributed by atoms with Crippen molar-refractivity contribution < 1.29 is 13.2 Å². The van der Waals surface area contributed by atoms with Crippen LogP contribution in [-0.2, 0) is 21.4 Å². The molecule has 1 N–H and O–H groups in total. The Kier molecular flexibility index (Phi) is 6.80. The summed E-state index contributed by atoms with van der Waals surface area (Å²) in [6.45, 7) is 1.48. The molecule has 0 aliphatic heterocycles. The zero-order valence-corrected chi connectivity index (χ0v) is 17.2. The van der Waals surface area contributed by atoms with Crippen LogP contribution in [0.2, 0.25) is 15.1 Å². The van der Waals surface area contributed by atoms with Crippen molar-refractivity contribution in [2.24, 2.45) is 0 Å². The smallest absolute Gasteiger partial charge is 0.241 e. The van der Waals surface area contributed by atoms with E-state index in [9.17, 15) is 13.2 Å². The number of anilines is 1. The molecule has 0 radical (unpaired) electrons. The minimum Gasteiger partial charge on any atom is -0.350 e. The summed E-state index contributed by atoms with van der Waals surface area (Å²) < 4.78 is 25.3. The van der Waals surface area contributed by atoms with Crippen LogP contribution in [0.5, 0.6) is 0 Å². The Labute approximate surface area is 167 Å². The highest BCUT2D eigenvalue weighted by atomic mass is 35.5. The van der Waals surface area contributed by atoms with E-state index in [-0.39, 0.29) is 13.1 Å². The number of carbonyl (C=O) groups is 1. The Morgan fingerprint density at radius 2 is 1.81 bits per heavy atom. The van der Waals surface area contributed by atoms with Crippen molar-refractivity contribution in [3.63, 3.8) is 0 Å². The van der Waals surface area contributed by atoms with E-state index in [0.717, 1.165) is 10.6 Å². The first-order valence-corrected chi connectivity index (χ1v) is 10.5. The largest absolute Gasteiger partial charge is 0.350 e. The Morgan fingerprint density at radius 1 is 1.12 bits per heavy atom. The fourth-order valence-corrected chi connectivity index (χ4v) is 3.84. The summed E-state index contributed by atoms with van der Waals surface area (Å²) in [5.41, 5.74) is 1.61. The molecule has 0 heterocycles. The van der Waals surface area contributed by atoms with Crippen LogP contribution in [0.3, 0.4) is 0 Å². The maximum atomic E-state index is 12.3. The van der Waals surface area contributed by atoms with Gasteiger partial charge in [0.05, 0.1) is 11.9 Å². The number of amides is 1. The molecule has 0 aromatic heterocycles. The van der Waals surface area contributed by atoms with Crippen LogP contribution >= 0.6 is 34.8 Å². The second-order valence-corrected chi connectivity index (χ2v) is 8.82. The molecular formula is C17H17Cl3N2O3S. The number of carbonyl (C=O) groups excluding carboxylic acids is 1. The van der Waals surface area contributed by atoms with Gasteiger partial charge in [0, 0.05) is 21.6 Å². The predicted molar refractivity (Wildman–Crippen MR) is 107 cm³/mol. The highest BCUT2D eigenvalue weighted by Gasteiger charge is 2.23. The molecule has 140 valence electrons. The van der Waals surface area contributed by atoms with Crippen molar-refractivity contribution in [3.05, 3.63) is 62.6 Å². The lowest BCUT2D eigenvalue weighted by molar-refractivity contribution is -0.119. The van der Waals surface area contributed by atoms with Gasteiger partial charge in [-0.05, 0) is 42.3 Å². The lowest BCUT2D eigenvalue weighted by Crippen LogP contribution is -2.40. The minimum absolute atomic E-state index is 0.154. The summed E-state index contributed by atoms with van der Waals surface area (Å²) >= 11 is 18.0. The normalized spacial score (nSPS) is 11.3. The standard InChI is InChI=1S/C17H17Cl3N2O3S/c1-11-14(19)4-3-5-16(11)22(26(2,24)25)10-17(23)21-9-12-6-7-13(18)8-15(12)20/h3-8H,9-10H2,1-2H3,(H,21,23). The Morgan fingerprint density at radius 3 is 2.42 bits per heavy atom. The first-order chi connectivity index (χ1) is 12.1. The first-order valence-electron chi connectivity index (χ1n) is 7.53. The van der Waals surface area contributed by atoms with Gasteiger partial charge in [0.2, 0.25) is 15.9 Å². The second kappa shape index (κ2) is 8.48. The molecule has 0 fully saturated rings. The van der Waals surface area contributed by atoms with Gasteiger partial charge in [0.25, 0.3) is 0 Å². The molecule has 1 amide bonds. The van der Waals surface area contributed by atoms with Gasteiger partial charge in [-0.15, -0.1) is 0 Å². The van der Waals surface area contributed by atoms with E-state index in [0.29, 0.717) is 31.9 Å². The average molecular weight is 436 g/mol. The van der Waals surface area contributed by atoms with Gasteiger partial charge in [-0.1, -0.05) is 46.9 Å². The number of rotatable bonds is 6. The van der Waals surface area contributed by atoms with Crippen LogP contribution in [0.1, 0.15) is 11.1 Å². The van der Waals surface area contributed by atoms with Crippen molar-refractivity contribution in [2.75, 3.05) is 17.1 Å². The van der Waals surface area contributed by atoms with Crippen LogP contribution in [-0.4, -0.2) is 27.1 Å². The first kappa shape index (κ1) is 20.8. The summed E-state index contributed by atoms with van der Waals surface area (Å²) in [7, 11) is -3.68. The van der Waals surface area contributed by atoms with Gasteiger partial charge in [0.1, 0.15) is 6.54 Å². The number of nitrogens with one attached hydrogen (secondary N) is 1. The molecule has 0 saturated carbocycles. The van der Waals surface area contributed by atoms with Gasteiger partial charge in [-0.2, -0.15) is 0 Å². The van der Waals surface area contributed by atoms with Crippen molar-refractivity contribution in [1.29, 1.82) is 0 Å². The number of benzene rings is 2. The van der Waals surface area contributed by atoms with Crippen molar-refractivity contribution in [1.82, 2.24) is 5.32 Å². The molecule has 2 rings (SSSR count). The van der Waals surface area contributed by atoms with Crippen LogP contribution in [0.4, 0.5) is 5.69 Å². The molecule has 0 aliphatic carbocycles. The molecule has 9 heteroatoms. The van der Waals surface area contributed by atoms with Crippen LogP contribution in [0.25, 0.3) is 0 Å². The van der Waals surface area contributed by atoms with E-state index in [4.69, 9.17) is 34.8 Å². The molecule has 2 aromatic carbocycles. The summed E-state index contributed by atoms with van der Waals surface area (Å²) in [5, 5.41) is 3.99. The highest BCUT2D eigenvalue weighted by Crippen LogP contribution is 2.28. The molecule has 0 spiro atoms. The number of hydrogen-bond acceptors (Lipinski definition) is 3. The Hall–Kier alpha value is -1.47. The summed E-state index contributed by atoms with van der Waals surface area (Å²) in [4.78, 5) is 12.3. The second-order valence-electron chi connectivity index (χ2n) is 5.67. The summed E-state index contributed by atoms with van der Waals surface area (Å²) in [6, 6.07) is 9.82. The van der Waals surface area contributed by atoms with E-state index in [1.165, 1.54) is 0 Å². The molecule has 5 nitrogen and oxygen atoms in total. The van der Waals surface area contributed by atoms with Gasteiger partial charge >= 0.3 is 0 Å².